The molecule has 0 spiro atoms. The fourth-order valence-electron chi connectivity index (χ4n) is 5.78. The normalized spacial score (nSPS) is 12.3. The van der Waals surface area contributed by atoms with E-state index in [9.17, 15) is 9.59 Å². The summed E-state index contributed by atoms with van der Waals surface area (Å²) < 4.78 is 9.28. The maximum atomic E-state index is 13.7. The zero-order chi connectivity index (χ0) is 25.7. The molecule has 0 aromatic heterocycles. The monoisotopic (exact) mass is 870 g/mol. The van der Waals surface area contributed by atoms with Gasteiger partial charge in [0.15, 0.2) is 0 Å². The molecule has 0 unspecified atom stereocenters. The minimum absolute atomic E-state index is 0.745. The molecule has 0 saturated heterocycles. The van der Waals surface area contributed by atoms with Crippen LogP contribution in [0.4, 0.5) is 0 Å². The van der Waals surface area contributed by atoms with E-state index in [4.69, 9.17) is 0 Å². The minimum atomic E-state index is -2.89. The quantitative estimate of drug-likeness (QED) is 0.0677. The summed E-state index contributed by atoms with van der Waals surface area (Å²) in [6.07, 6.45) is 18.5. The molecule has 202 valence electrons. The molecule has 0 aliphatic carbocycles. The molecule has 0 aromatic rings. The van der Waals surface area contributed by atoms with Crippen molar-refractivity contribution in [2.24, 2.45) is 0 Å². The Balaban J connectivity index is 5.16. The number of unbranched alkanes of at least 4 members (excludes halogenated alkanes) is 7. The van der Waals surface area contributed by atoms with Crippen molar-refractivity contribution in [1.29, 1.82) is 0 Å². The van der Waals surface area contributed by atoms with Crippen molar-refractivity contribution in [1.82, 2.24) is 0 Å². The van der Waals surface area contributed by atoms with Crippen LogP contribution in [-0.4, -0.2) is 49.0 Å². The van der Waals surface area contributed by atoms with Crippen molar-refractivity contribution in [3.63, 3.8) is 0 Å². The van der Waals surface area contributed by atoms with E-state index in [0.29, 0.717) is 0 Å². The van der Waals surface area contributed by atoms with E-state index >= 15 is 0 Å². The van der Waals surface area contributed by atoms with Crippen LogP contribution < -0.4 is 0 Å². The van der Waals surface area contributed by atoms with Crippen LogP contribution in [0.5, 0.6) is 0 Å². The van der Waals surface area contributed by atoms with Gasteiger partial charge in [-0.25, -0.2) is 0 Å². The maximum absolute atomic E-state index is 13.7. The van der Waals surface area contributed by atoms with Gasteiger partial charge in [0.25, 0.3) is 0 Å². The second-order valence-corrected chi connectivity index (χ2v) is 47.1. The Morgan fingerprint density at radius 1 is 0.382 bits per heavy atom. The molecule has 0 amide bonds. The standard InChI is InChI=1S/C6H8O2.6C4H9.2Pb/c7-5-3-1-2-4-6-8;6*1-3-4-2;;/h1-4H2;6*1,3-4H2,2H3;;. The average Bonchev–Trinajstić information content (AvgIpc) is 2.85. The van der Waals surface area contributed by atoms with Crippen molar-refractivity contribution in [3.05, 3.63) is 0 Å². The van der Waals surface area contributed by atoms with Crippen molar-refractivity contribution < 1.29 is 9.59 Å². The first-order valence-corrected chi connectivity index (χ1v) is 35.9. The Bertz CT molecular complexity index is 428. The Kier molecular flexibility index (Phi) is 23.0. The molecule has 0 fully saturated rings. The van der Waals surface area contributed by atoms with Crippen LogP contribution in [0.15, 0.2) is 0 Å². The van der Waals surface area contributed by atoms with Crippen LogP contribution in [0.3, 0.4) is 0 Å². The van der Waals surface area contributed by atoms with Crippen LogP contribution in [0.2, 0.25) is 23.9 Å². The van der Waals surface area contributed by atoms with Crippen LogP contribution >= 0.6 is 0 Å². The van der Waals surface area contributed by atoms with Crippen molar-refractivity contribution in [2.45, 2.75) is 168 Å². The van der Waals surface area contributed by atoms with Gasteiger partial charge in [-0.1, -0.05) is 0 Å². The SMILES string of the molecule is CCC[CH2][Pb]([CH2]CCC)([CH2]CCC)[C](=O)CCCC[C](=O)[Pb]([CH2]CCC)([CH2]CCC)[CH2]CCC. The molecule has 0 aliphatic heterocycles. The molecule has 0 heterocycles. The van der Waals surface area contributed by atoms with E-state index in [2.05, 4.69) is 41.5 Å². The Morgan fingerprint density at radius 3 is 0.765 bits per heavy atom. The van der Waals surface area contributed by atoms with E-state index < -0.39 is 42.3 Å². The van der Waals surface area contributed by atoms with Gasteiger partial charge in [-0.15, -0.1) is 0 Å². The third-order valence-electron chi connectivity index (χ3n) is 8.29. The number of rotatable bonds is 25. The van der Waals surface area contributed by atoms with E-state index in [1.54, 1.807) is 0 Å². The first-order chi connectivity index (χ1) is 16.4. The number of hydrogen-bond acceptors (Lipinski definition) is 2. The second-order valence-electron chi connectivity index (χ2n) is 11.2. The molecule has 0 radical (unpaired) electrons. The van der Waals surface area contributed by atoms with E-state index in [0.717, 1.165) is 32.4 Å². The summed E-state index contributed by atoms with van der Waals surface area (Å²) in [6, 6.07) is 0. The zero-order valence-corrected chi connectivity index (χ0v) is 32.1. The first kappa shape index (κ1) is 35.2. The molecular weight excluding hydrogens is 807 g/mol. The Hall–Kier alpha value is 1.18. The van der Waals surface area contributed by atoms with Gasteiger partial charge in [0.2, 0.25) is 0 Å². The molecule has 0 N–H and O–H groups in total. The fourth-order valence-corrected chi connectivity index (χ4v) is 47.6. The Labute approximate surface area is 224 Å². The molecule has 0 aliphatic rings. The molecule has 0 aromatic carbocycles. The molecule has 2 nitrogen and oxygen atoms in total. The van der Waals surface area contributed by atoms with Gasteiger partial charge in [0.05, 0.1) is 0 Å². The van der Waals surface area contributed by atoms with Crippen LogP contribution in [0, 0.1) is 0 Å². The average molecular weight is 869 g/mol. The van der Waals surface area contributed by atoms with E-state index in [1.165, 1.54) is 101 Å². The molecular formula is C30H62O2Pb2. The summed E-state index contributed by atoms with van der Waals surface area (Å²) in [4.78, 5) is 27.4. The third-order valence-corrected chi connectivity index (χ3v) is 50.0. The van der Waals surface area contributed by atoms with Gasteiger partial charge in [-0.05, 0) is 0 Å². The molecule has 4 heteroatoms. The summed E-state index contributed by atoms with van der Waals surface area (Å²) in [5.74, 6) is 0. The van der Waals surface area contributed by atoms with E-state index in [-0.39, 0.29) is 0 Å². The predicted molar refractivity (Wildman–Crippen MR) is 158 cm³/mol. The molecule has 0 rings (SSSR count). The van der Waals surface area contributed by atoms with Crippen LogP contribution in [-0.2, 0) is 9.59 Å². The zero-order valence-electron chi connectivity index (χ0n) is 24.4. The van der Waals surface area contributed by atoms with Crippen molar-refractivity contribution in [3.8, 4) is 0 Å². The fraction of sp³-hybridized carbons (Fsp3) is 0.933. The van der Waals surface area contributed by atoms with Gasteiger partial charge >= 0.3 is 227 Å². The molecule has 0 atom stereocenters. The number of hydrogen-bond donors (Lipinski definition) is 0. The summed E-state index contributed by atoms with van der Waals surface area (Å²) in [5.41, 5.74) is 0. The molecule has 0 bridgehead atoms. The summed E-state index contributed by atoms with van der Waals surface area (Å²) in [5, 5.41) is 0. The van der Waals surface area contributed by atoms with E-state index in [1.807, 2.05) is 0 Å². The molecule has 0 saturated carbocycles. The van der Waals surface area contributed by atoms with Crippen molar-refractivity contribution in [2.75, 3.05) is 0 Å². The summed E-state index contributed by atoms with van der Waals surface area (Å²) >= 11 is -5.78. The third kappa shape index (κ3) is 13.6. The van der Waals surface area contributed by atoms with Gasteiger partial charge < -0.3 is 0 Å². The van der Waals surface area contributed by atoms with Gasteiger partial charge in [0, 0.05) is 0 Å². The second kappa shape index (κ2) is 22.2. The van der Waals surface area contributed by atoms with Gasteiger partial charge in [-0.3, -0.25) is 0 Å². The Morgan fingerprint density at radius 2 is 0.588 bits per heavy atom. The van der Waals surface area contributed by atoms with Crippen LogP contribution in [0.25, 0.3) is 0 Å². The van der Waals surface area contributed by atoms with Gasteiger partial charge in [0.1, 0.15) is 0 Å². The first-order valence-electron chi connectivity index (χ1n) is 15.5. The molecule has 34 heavy (non-hydrogen) atoms. The van der Waals surface area contributed by atoms with Gasteiger partial charge in [-0.2, -0.15) is 0 Å². The number of carbonyl (C=O) groups is 2. The summed E-state index contributed by atoms with van der Waals surface area (Å²) in [6.45, 7) is 13.7. The van der Waals surface area contributed by atoms with Crippen molar-refractivity contribution >= 4 is 49.0 Å². The predicted octanol–water partition coefficient (Wildman–Crippen LogP) is 10.5. The topological polar surface area (TPSA) is 34.1 Å². The van der Waals surface area contributed by atoms with Crippen LogP contribution in [0.1, 0.15) is 144 Å². The number of carbonyl (C=O) groups excluding carboxylic acids is 2. The summed E-state index contributed by atoms with van der Waals surface area (Å²) in [7, 11) is 0.